The van der Waals surface area contributed by atoms with Crippen LogP contribution < -0.4 is 5.73 Å². The number of carbonyl (C=O) groups is 1. The van der Waals surface area contributed by atoms with E-state index in [9.17, 15) is 4.79 Å². The number of amides is 1. The first-order valence-corrected chi connectivity index (χ1v) is 9.96. The summed E-state index contributed by atoms with van der Waals surface area (Å²) in [5.74, 6) is 0.851. The zero-order valence-electron chi connectivity index (χ0n) is 15.8. The first-order valence-electron chi connectivity index (χ1n) is 9.08. The highest BCUT2D eigenvalue weighted by molar-refractivity contribution is 7.09. The van der Waals surface area contributed by atoms with E-state index in [-0.39, 0.29) is 18.3 Å². The molecular formula is C20H25ClN4O2S. The SMILES string of the molecule is CN(CCCCCc1cc(-c2ccccc2)no1)C(=O)c1csc(CN)n1.Cl. The van der Waals surface area contributed by atoms with Gasteiger partial charge in [0.05, 0.1) is 0 Å². The van der Waals surface area contributed by atoms with Crippen LogP contribution in [-0.4, -0.2) is 34.5 Å². The van der Waals surface area contributed by atoms with E-state index in [1.54, 1.807) is 10.3 Å². The Labute approximate surface area is 175 Å². The second-order valence-electron chi connectivity index (χ2n) is 6.41. The van der Waals surface area contributed by atoms with Gasteiger partial charge < -0.3 is 15.2 Å². The molecule has 2 N–H and O–H groups in total. The zero-order valence-corrected chi connectivity index (χ0v) is 17.5. The van der Waals surface area contributed by atoms with Crippen molar-refractivity contribution in [2.45, 2.75) is 32.2 Å². The van der Waals surface area contributed by atoms with Crippen LogP contribution in [0.5, 0.6) is 0 Å². The Morgan fingerprint density at radius 1 is 1.21 bits per heavy atom. The molecule has 0 spiro atoms. The van der Waals surface area contributed by atoms with Crippen LogP contribution in [0.15, 0.2) is 46.3 Å². The van der Waals surface area contributed by atoms with Crippen LogP contribution in [0.25, 0.3) is 11.3 Å². The fourth-order valence-corrected chi connectivity index (χ4v) is 3.45. The average Bonchev–Trinajstić information content (AvgIpc) is 3.37. The number of thiazole rings is 1. The molecule has 0 bridgehead atoms. The summed E-state index contributed by atoms with van der Waals surface area (Å²) >= 11 is 1.43. The topological polar surface area (TPSA) is 85.2 Å². The Bertz CT molecular complexity index is 866. The van der Waals surface area contributed by atoms with Crippen molar-refractivity contribution in [2.75, 3.05) is 13.6 Å². The van der Waals surface area contributed by atoms with E-state index >= 15 is 0 Å². The van der Waals surface area contributed by atoms with Crippen molar-refractivity contribution in [3.05, 3.63) is 58.2 Å². The number of aromatic nitrogens is 2. The molecule has 8 heteroatoms. The van der Waals surface area contributed by atoms with Crippen LogP contribution in [0.1, 0.15) is 40.5 Å². The van der Waals surface area contributed by atoms with Gasteiger partial charge in [0.15, 0.2) is 0 Å². The fraction of sp³-hybridized carbons (Fsp3) is 0.350. The maximum atomic E-state index is 12.3. The van der Waals surface area contributed by atoms with Gasteiger partial charge in [-0.25, -0.2) is 4.98 Å². The third-order valence-corrected chi connectivity index (χ3v) is 5.21. The molecule has 3 rings (SSSR count). The van der Waals surface area contributed by atoms with Gasteiger partial charge >= 0.3 is 0 Å². The molecule has 28 heavy (non-hydrogen) atoms. The van der Waals surface area contributed by atoms with Gasteiger partial charge in [0.25, 0.3) is 5.91 Å². The van der Waals surface area contributed by atoms with Gasteiger partial charge in [-0.15, -0.1) is 23.7 Å². The van der Waals surface area contributed by atoms with E-state index in [0.29, 0.717) is 18.8 Å². The van der Waals surface area contributed by atoms with Crippen LogP contribution in [0.4, 0.5) is 0 Å². The lowest BCUT2D eigenvalue weighted by Gasteiger charge is -2.15. The van der Waals surface area contributed by atoms with E-state index in [1.165, 1.54) is 11.3 Å². The maximum absolute atomic E-state index is 12.3. The summed E-state index contributed by atoms with van der Waals surface area (Å²) in [6.07, 6.45) is 3.81. The molecule has 0 aliphatic heterocycles. The lowest BCUT2D eigenvalue weighted by molar-refractivity contribution is 0.0787. The third-order valence-electron chi connectivity index (χ3n) is 4.34. The Balaban J connectivity index is 0.00000280. The van der Waals surface area contributed by atoms with Gasteiger partial charge in [0.2, 0.25) is 0 Å². The summed E-state index contributed by atoms with van der Waals surface area (Å²) < 4.78 is 5.42. The van der Waals surface area contributed by atoms with Crippen molar-refractivity contribution >= 4 is 29.7 Å². The number of aryl methyl sites for hydroxylation is 1. The molecule has 2 aromatic heterocycles. The fourth-order valence-electron chi connectivity index (χ4n) is 2.80. The van der Waals surface area contributed by atoms with Crippen LogP contribution >= 0.6 is 23.7 Å². The maximum Gasteiger partial charge on any atom is 0.273 e. The van der Waals surface area contributed by atoms with Gasteiger partial charge in [-0.05, 0) is 12.8 Å². The third kappa shape index (κ3) is 5.89. The minimum Gasteiger partial charge on any atom is -0.361 e. The lowest BCUT2D eigenvalue weighted by Crippen LogP contribution is -2.28. The van der Waals surface area contributed by atoms with E-state index in [2.05, 4.69) is 10.1 Å². The molecule has 0 aliphatic rings. The number of nitrogens with two attached hydrogens (primary N) is 1. The van der Waals surface area contributed by atoms with E-state index in [1.807, 2.05) is 43.4 Å². The van der Waals surface area contributed by atoms with Gasteiger partial charge in [-0.3, -0.25) is 4.79 Å². The summed E-state index contributed by atoms with van der Waals surface area (Å²) in [5.41, 5.74) is 7.96. The van der Waals surface area contributed by atoms with Crippen molar-refractivity contribution in [1.29, 1.82) is 0 Å². The number of nitrogens with zero attached hydrogens (tertiary/aromatic N) is 3. The molecule has 2 heterocycles. The van der Waals surface area contributed by atoms with Gasteiger partial charge in [0, 0.05) is 43.6 Å². The second-order valence-corrected chi connectivity index (χ2v) is 7.36. The Kier molecular flexibility index (Phi) is 8.63. The number of carbonyl (C=O) groups excluding carboxylic acids is 1. The first kappa shape index (κ1) is 22.1. The average molecular weight is 421 g/mol. The van der Waals surface area contributed by atoms with Crippen molar-refractivity contribution < 1.29 is 9.32 Å². The van der Waals surface area contributed by atoms with Crippen LogP contribution in [0, 0.1) is 0 Å². The van der Waals surface area contributed by atoms with Crippen molar-refractivity contribution in [3.8, 4) is 11.3 Å². The highest BCUT2D eigenvalue weighted by Crippen LogP contribution is 2.19. The molecule has 6 nitrogen and oxygen atoms in total. The Morgan fingerprint density at radius 3 is 2.71 bits per heavy atom. The van der Waals surface area contributed by atoms with Gasteiger partial charge in [-0.1, -0.05) is 41.9 Å². The smallest absolute Gasteiger partial charge is 0.273 e. The van der Waals surface area contributed by atoms with Crippen molar-refractivity contribution in [2.24, 2.45) is 5.73 Å². The van der Waals surface area contributed by atoms with Crippen LogP contribution in [0.3, 0.4) is 0 Å². The highest BCUT2D eigenvalue weighted by Gasteiger charge is 2.14. The number of halogens is 1. The highest BCUT2D eigenvalue weighted by atomic mass is 35.5. The molecule has 0 atom stereocenters. The molecule has 1 amide bonds. The number of unbranched alkanes of at least 4 members (excludes halogenated alkanes) is 2. The molecule has 0 saturated heterocycles. The summed E-state index contributed by atoms with van der Waals surface area (Å²) in [4.78, 5) is 18.3. The molecule has 150 valence electrons. The molecule has 0 unspecified atom stereocenters. The summed E-state index contributed by atoms with van der Waals surface area (Å²) in [6.45, 7) is 1.08. The predicted octanol–water partition coefficient (Wildman–Crippen LogP) is 4.16. The largest absolute Gasteiger partial charge is 0.361 e. The monoisotopic (exact) mass is 420 g/mol. The summed E-state index contributed by atoms with van der Waals surface area (Å²) in [5, 5.41) is 6.70. The molecule has 0 saturated carbocycles. The minimum absolute atomic E-state index is 0. The lowest BCUT2D eigenvalue weighted by atomic mass is 10.1. The van der Waals surface area contributed by atoms with Crippen LogP contribution in [-0.2, 0) is 13.0 Å². The Morgan fingerprint density at radius 2 is 2.00 bits per heavy atom. The van der Waals surface area contributed by atoms with Crippen molar-refractivity contribution in [1.82, 2.24) is 15.0 Å². The van der Waals surface area contributed by atoms with Gasteiger partial charge in [-0.2, -0.15) is 0 Å². The number of rotatable bonds is 9. The standard InChI is InChI=1S/C20H24N4O2S.ClH/c1-24(20(25)18-14-27-19(13-21)22-18)11-7-3-6-10-16-12-17(23-26-16)15-8-4-2-5-9-15;/h2,4-5,8-9,12,14H,3,6-7,10-11,13,21H2,1H3;1H. The van der Waals surface area contributed by atoms with E-state index < -0.39 is 0 Å². The zero-order chi connectivity index (χ0) is 19.1. The molecule has 0 aliphatic carbocycles. The second kappa shape index (κ2) is 10.9. The Hall–Kier alpha value is -2.22. The van der Waals surface area contributed by atoms with Crippen LogP contribution in [0.2, 0.25) is 0 Å². The summed E-state index contributed by atoms with van der Waals surface area (Å²) in [6, 6.07) is 12.0. The van der Waals surface area contributed by atoms with E-state index in [0.717, 1.165) is 47.7 Å². The molecule has 3 aromatic rings. The molecule has 1 aromatic carbocycles. The summed E-state index contributed by atoms with van der Waals surface area (Å²) in [7, 11) is 1.81. The van der Waals surface area contributed by atoms with Gasteiger partial charge in [0.1, 0.15) is 22.2 Å². The predicted molar refractivity (Wildman–Crippen MR) is 114 cm³/mol. The molecular weight excluding hydrogens is 396 g/mol. The quantitative estimate of drug-likeness (QED) is 0.525. The minimum atomic E-state index is -0.0475. The van der Waals surface area contributed by atoms with E-state index in [4.69, 9.17) is 10.3 Å². The number of hydrogen-bond donors (Lipinski definition) is 1. The van der Waals surface area contributed by atoms with Crippen molar-refractivity contribution in [3.63, 3.8) is 0 Å². The number of hydrogen-bond acceptors (Lipinski definition) is 6. The molecule has 0 radical (unpaired) electrons. The molecule has 0 fully saturated rings. The number of benzene rings is 1. The first-order chi connectivity index (χ1) is 13.2. The normalized spacial score (nSPS) is 10.5.